The van der Waals surface area contributed by atoms with Gasteiger partial charge in [-0.1, -0.05) is 0 Å². The Morgan fingerprint density at radius 1 is 1.00 bits per heavy atom. The second kappa shape index (κ2) is 12.3. The fraction of sp³-hybridized carbons (Fsp3) is 0.889. The molecule has 0 bridgehead atoms. The summed E-state index contributed by atoms with van der Waals surface area (Å²) in [6.45, 7) is 3.23. The maximum Gasteiger partial charge on any atom is 0.305 e. The van der Waals surface area contributed by atoms with Crippen LogP contribution < -0.4 is 11.3 Å². The van der Waals surface area contributed by atoms with Gasteiger partial charge in [0, 0.05) is 6.54 Å². The molecule has 0 spiro atoms. The summed E-state index contributed by atoms with van der Waals surface area (Å²) in [6, 6.07) is 0. The molecule has 0 atom stereocenters. The van der Waals surface area contributed by atoms with Crippen molar-refractivity contribution in [3.63, 3.8) is 0 Å². The Morgan fingerprint density at radius 2 is 1.50 bits per heavy atom. The average Bonchev–Trinajstić information content (AvgIpc) is 2.25. The molecule has 0 rings (SSSR count). The van der Waals surface area contributed by atoms with Crippen LogP contribution in [0, 0.1) is 0 Å². The highest BCUT2D eigenvalue weighted by molar-refractivity contribution is 5.66. The third-order valence-corrected chi connectivity index (χ3v) is 1.60. The molecule has 0 heterocycles. The Morgan fingerprint density at radius 3 is 2.00 bits per heavy atom. The number of hydrogen-bond acceptors (Lipinski definition) is 6. The van der Waals surface area contributed by atoms with Gasteiger partial charge in [0.2, 0.25) is 0 Å². The number of nitrogens with two attached hydrogens (primary N) is 1. The van der Waals surface area contributed by atoms with E-state index in [0.717, 1.165) is 0 Å². The standard InChI is InChI=1S/C9H20N2O5/c10-11-2-4-15-6-8-16-7-5-14-3-1-9(12)13/h11H,1-8,10H2,(H,12,13). The molecule has 0 aliphatic carbocycles. The molecule has 0 saturated heterocycles. The van der Waals surface area contributed by atoms with Crippen LogP contribution in [-0.2, 0) is 19.0 Å². The van der Waals surface area contributed by atoms with Crippen LogP contribution in [0.5, 0.6) is 0 Å². The van der Waals surface area contributed by atoms with E-state index in [0.29, 0.717) is 39.6 Å². The molecule has 0 fully saturated rings. The second-order valence-electron chi connectivity index (χ2n) is 2.93. The van der Waals surface area contributed by atoms with Crippen molar-refractivity contribution in [1.82, 2.24) is 5.43 Å². The minimum absolute atomic E-state index is 0.0230. The van der Waals surface area contributed by atoms with Gasteiger partial charge in [0.05, 0.1) is 46.1 Å². The van der Waals surface area contributed by atoms with Crippen LogP contribution in [0.25, 0.3) is 0 Å². The molecule has 0 radical (unpaired) electrons. The van der Waals surface area contributed by atoms with E-state index in [1.54, 1.807) is 0 Å². The molecule has 0 saturated carbocycles. The Labute approximate surface area is 94.8 Å². The molecule has 4 N–H and O–H groups in total. The number of carboxylic acid groups (broad SMARTS) is 1. The summed E-state index contributed by atoms with van der Waals surface area (Å²) in [4.78, 5) is 10.1. The molecule has 16 heavy (non-hydrogen) atoms. The van der Waals surface area contributed by atoms with Gasteiger partial charge in [-0.2, -0.15) is 0 Å². The smallest absolute Gasteiger partial charge is 0.305 e. The van der Waals surface area contributed by atoms with Crippen molar-refractivity contribution in [2.45, 2.75) is 6.42 Å². The number of rotatable bonds is 12. The monoisotopic (exact) mass is 236 g/mol. The molecule has 0 aliphatic rings. The van der Waals surface area contributed by atoms with Crippen LogP contribution in [0.2, 0.25) is 0 Å². The van der Waals surface area contributed by atoms with Crippen molar-refractivity contribution in [2.75, 3.05) is 46.2 Å². The minimum atomic E-state index is -0.858. The largest absolute Gasteiger partial charge is 0.481 e. The summed E-state index contributed by atoms with van der Waals surface area (Å²) in [6.07, 6.45) is 0.0230. The summed E-state index contributed by atoms with van der Waals surface area (Å²) in [5.74, 6) is 4.18. The second-order valence-corrected chi connectivity index (χ2v) is 2.93. The van der Waals surface area contributed by atoms with Crippen molar-refractivity contribution < 1.29 is 24.1 Å². The molecule has 7 heteroatoms. The van der Waals surface area contributed by atoms with E-state index in [1.807, 2.05) is 0 Å². The molecule has 0 aromatic rings. The van der Waals surface area contributed by atoms with E-state index in [-0.39, 0.29) is 13.0 Å². The van der Waals surface area contributed by atoms with Crippen LogP contribution in [0.4, 0.5) is 0 Å². The quantitative estimate of drug-likeness (QED) is 0.226. The van der Waals surface area contributed by atoms with E-state index in [2.05, 4.69) is 5.43 Å². The van der Waals surface area contributed by atoms with Gasteiger partial charge in [0.25, 0.3) is 0 Å². The molecule has 0 amide bonds. The predicted molar refractivity (Wildman–Crippen MR) is 56.9 cm³/mol. The first-order valence-corrected chi connectivity index (χ1v) is 5.16. The number of aliphatic carboxylic acids is 1. The number of nitrogens with one attached hydrogen (secondary N) is 1. The molecular weight excluding hydrogens is 216 g/mol. The third-order valence-electron chi connectivity index (χ3n) is 1.60. The lowest BCUT2D eigenvalue weighted by molar-refractivity contribution is -0.138. The summed E-state index contributed by atoms with van der Waals surface area (Å²) >= 11 is 0. The maximum atomic E-state index is 10.1. The molecule has 0 aromatic carbocycles. The Bertz CT molecular complexity index is 168. The fourth-order valence-electron chi connectivity index (χ4n) is 0.832. The molecule has 7 nitrogen and oxygen atoms in total. The Hall–Kier alpha value is -0.730. The van der Waals surface area contributed by atoms with Gasteiger partial charge in [0.1, 0.15) is 0 Å². The number of ether oxygens (including phenoxy) is 3. The van der Waals surface area contributed by atoms with Crippen molar-refractivity contribution >= 4 is 5.97 Å². The van der Waals surface area contributed by atoms with Gasteiger partial charge in [0.15, 0.2) is 0 Å². The maximum absolute atomic E-state index is 10.1. The summed E-state index contributed by atoms with van der Waals surface area (Å²) in [5.41, 5.74) is 2.47. The van der Waals surface area contributed by atoms with Crippen molar-refractivity contribution in [1.29, 1.82) is 0 Å². The minimum Gasteiger partial charge on any atom is -0.481 e. The predicted octanol–water partition coefficient (Wildman–Crippen LogP) is -1.03. The lowest BCUT2D eigenvalue weighted by atomic mass is 10.5. The zero-order chi connectivity index (χ0) is 12.1. The highest BCUT2D eigenvalue weighted by Crippen LogP contribution is 1.84. The molecule has 0 aromatic heterocycles. The molecule has 0 aliphatic heterocycles. The van der Waals surface area contributed by atoms with E-state index in [1.165, 1.54) is 0 Å². The number of hydrazine groups is 1. The SMILES string of the molecule is NNCCOCCOCCOCCC(=O)O. The Kier molecular flexibility index (Phi) is 11.8. The van der Waals surface area contributed by atoms with Crippen LogP contribution in [0.3, 0.4) is 0 Å². The van der Waals surface area contributed by atoms with Crippen molar-refractivity contribution in [2.24, 2.45) is 5.84 Å². The zero-order valence-corrected chi connectivity index (χ0v) is 9.31. The number of carbonyl (C=O) groups is 1. The summed E-state index contributed by atoms with van der Waals surface area (Å²) in [5, 5.41) is 8.32. The first-order valence-electron chi connectivity index (χ1n) is 5.16. The molecular formula is C9H20N2O5. The van der Waals surface area contributed by atoms with E-state index >= 15 is 0 Å². The van der Waals surface area contributed by atoms with Crippen LogP contribution in [-0.4, -0.2) is 57.3 Å². The number of carboxylic acids is 1. The van der Waals surface area contributed by atoms with E-state index in [9.17, 15) is 4.79 Å². The normalized spacial score (nSPS) is 10.6. The summed E-state index contributed by atoms with van der Waals surface area (Å²) in [7, 11) is 0. The van der Waals surface area contributed by atoms with Gasteiger partial charge in [-0.15, -0.1) is 0 Å². The zero-order valence-electron chi connectivity index (χ0n) is 9.31. The third kappa shape index (κ3) is 13.3. The first kappa shape index (κ1) is 15.3. The highest BCUT2D eigenvalue weighted by atomic mass is 16.5. The average molecular weight is 236 g/mol. The van der Waals surface area contributed by atoms with Gasteiger partial charge in [-0.25, -0.2) is 0 Å². The van der Waals surface area contributed by atoms with Crippen LogP contribution in [0.15, 0.2) is 0 Å². The topological polar surface area (TPSA) is 103 Å². The summed E-state index contributed by atoms with van der Waals surface area (Å²) < 4.78 is 15.3. The lowest BCUT2D eigenvalue weighted by Crippen LogP contribution is -2.26. The van der Waals surface area contributed by atoms with E-state index < -0.39 is 5.97 Å². The van der Waals surface area contributed by atoms with E-state index in [4.69, 9.17) is 25.2 Å². The van der Waals surface area contributed by atoms with Gasteiger partial charge >= 0.3 is 5.97 Å². The first-order chi connectivity index (χ1) is 7.77. The Balaban J connectivity index is 2.90. The van der Waals surface area contributed by atoms with Gasteiger partial charge in [-0.3, -0.25) is 16.1 Å². The van der Waals surface area contributed by atoms with Crippen LogP contribution >= 0.6 is 0 Å². The number of hydrogen-bond donors (Lipinski definition) is 3. The molecule has 0 unspecified atom stereocenters. The fourth-order valence-corrected chi connectivity index (χ4v) is 0.832. The lowest BCUT2D eigenvalue weighted by Gasteiger charge is -2.05. The molecule has 96 valence electrons. The van der Waals surface area contributed by atoms with Gasteiger partial charge < -0.3 is 19.3 Å². The van der Waals surface area contributed by atoms with Crippen LogP contribution in [0.1, 0.15) is 6.42 Å². The van der Waals surface area contributed by atoms with Crippen molar-refractivity contribution in [3.8, 4) is 0 Å². The van der Waals surface area contributed by atoms with Gasteiger partial charge in [-0.05, 0) is 0 Å². The highest BCUT2D eigenvalue weighted by Gasteiger charge is 1.96. The van der Waals surface area contributed by atoms with Crippen molar-refractivity contribution in [3.05, 3.63) is 0 Å².